The van der Waals surface area contributed by atoms with Gasteiger partial charge in [-0.2, -0.15) is 5.01 Å². The molecule has 120 valence electrons. The topological polar surface area (TPSA) is 66.5 Å². The van der Waals surface area contributed by atoms with E-state index in [2.05, 4.69) is 17.6 Å². The van der Waals surface area contributed by atoms with Crippen LogP contribution in [0.1, 0.15) is 33.6 Å². The summed E-state index contributed by atoms with van der Waals surface area (Å²) >= 11 is 1.49. The minimum absolute atomic E-state index is 0.133. The monoisotopic (exact) mass is 330 g/mol. The second-order valence-corrected chi connectivity index (χ2v) is 7.71. The predicted molar refractivity (Wildman–Crippen MR) is 85.4 cm³/mol. The SMILES string of the molecule is Cc1scc(C(=O)NN2C(=O)[C@@H]3[C@@H](C2=O)[C@H]2C=C[C@H]3CC2)c1C. The lowest BCUT2D eigenvalue weighted by Crippen LogP contribution is -2.46. The summed E-state index contributed by atoms with van der Waals surface area (Å²) in [5.74, 6) is -1.21. The Labute approximate surface area is 138 Å². The van der Waals surface area contributed by atoms with Gasteiger partial charge < -0.3 is 0 Å². The average molecular weight is 330 g/mol. The fraction of sp³-hybridized carbons (Fsp3) is 0.471. The number of allylic oxidation sites excluding steroid dienone is 2. The van der Waals surface area contributed by atoms with Crippen molar-refractivity contribution in [2.24, 2.45) is 23.7 Å². The molecule has 1 N–H and O–H groups in total. The molecule has 2 bridgehead atoms. The first-order valence-electron chi connectivity index (χ1n) is 7.91. The van der Waals surface area contributed by atoms with E-state index in [4.69, 9.17) is 0 Å². The van der Waals surface area contributed by atoms with E-state index in [0.717, 1.165) is 28.3 Å². The van der Waals surface area contributed by atoms with Crippen LogP contribution in [0.4, 0.5) is 0 Å². The molecule has 2 heterocycles. The molecule has 5 nitrogen and oxygen atoms in total. The van der Waals surface area contributed by atoms with Gasteiger partial charge in [0.2, 0.25) is 0 Å². The zero-order chi connectivity index (χ0) is 16.3. The minimum atomic E-state index is -0.382. The third-order valence-corrected chi connectivity index (χ3v) is 6.52. The molecule has 0 aromatic carbocycles. The summed E-state index contributed by atoms with van der Waals surface area (Å²) in [6, 6.07) is 0. The summed E-state index contributed by atoms with van der Waals surface area (Å²) in [5, 5.41) is 2.74. The number of nitrogens with zero attached hydrogens (tertiary/aromatic N) is 1. The van der Waals surface area contributed by atoms with Crippen molar-refractivity contribution in [1.82, 2.24) is 10.4 Å². The highest BCUT2D eigenvalue weighted by Crippen LogP contribution is 2.49. The van der Waals surface area contributed by atoms with Gasteiger partial charge in [-0.05, 0) is 44.1 Å². The number of carbonyl (C=O) groups is 3. The number of nitrogens with one attached hydrogen (secondary N) is 1. The molecule has 3 aliphatic carbocycles. The number of rotatable bonds is 2. The van der Waals surface area contributed by atoms with Crippen molar-refractivity contribution in [3.05, 3.63) is 33.5 Å². The number of amides is 3. The Kier molecular flexibility index (Phi) is 3.20. The second-order valence-electron chi connectivity index (χ2n) is 6.62. The van der Waals surface area contributed by atoms with Crippen molar-refractivity contribution < 1.29 is 14.4 Å². The summed E-state index contributed by atoms with van der Waals surface area (Å²) in [5.41, 5.74) is 3.97. The van der Waals surface area contributed by atoms with Gasteiger partial charge in [-0.25, -0.2) is 0 Å². The molecule has 3 amide bonds. The molecule has 4 atom stereocenters. The lowest BCUT2D eigenvalue weighted by atomic mass is 9.63. The Balaban J connectivity index is 1.59. The highest BCUT2D eigenvalue weighted by atomic mass is 32.1. The summed E-state index contributed by atoms with van der Waals surface area (Å²) in [4.78, 5) is 38.8. The maximum Gasteiger partial charge on any atom is 0.271 e. The maximum absolute atomic E-state index is 12.7. The number of hydrazine groups is 1. The van der Waals surface area contributed by atoms with E-state index in [1.165, 1.54) is 11.3 Å². The van der Waals surface area contributed by atoms with Crippen molar-refractivity contribution >= 4 is 29.1 Å². The van der Waals surface area contributed by atoms with E-state index in [9.17, 15) is 14.4 Å². The summed E-state index contributed by atoms with van der Waals surface area (Å²) in [7, 11) is 0. The van der Waals surface area contributed by atoms with E-state index in [-0.39, 0.29) is 41.4 Å². The van der Waals surface area contributed by atoms with Gasteiger partial charge >= 0.3 is 0 Å². The van der Waals surface area contributed by atoms with Crippen LogP contribution >= 0.6 is 11.3 Å². The normalized spacial score (nSPS) is 31.7. The molecule has 2 fully saturated rings. The molecule has 0 spiro atoms. The molecule has 1 saturated carbocycles. The molecule has 1 aliphatic heterocycles. The van der Waals surface area contributed by atoms with E-state index < -0.39 is 0 Å². The van der Waals surface area contributed by atoms with Crippen LogP contribution < -0.4 is 5.43 Å². The van der Waals surface area contributed by atoms with Crippen LogP contribution in [0.2, 0.25) is 0 Å². The molecular formula is C17H18N2O3S. The molecule has 0 unspecified atom stereocenters. The molecule has 23 heavy (non-hydrogen) atoms. The van der Waals surface area contributed by atoms with E-state index in [0.29, 0.717) is 5.56 Å². The van der Waals surface area contributed by atoms with E-state index in [1.54, 1.807) is 5.38 Å². The van der Waals surface area contributed by atoms with Crippen molar-refractivity contribution in [3.63, 3.8) is 0 Å². The van der Waals surface area contributed by atoms with Gasteiger partial charge in [-0.1, -0.05) is 12.2 Å². The standard InChI is InChI=1S/C17H18N2O3S/c1-8-9(2)23-7-12(8)15(20)18-19-16(21)13-10-3-4-11(6-5-10)14(13)17(19)22/h3-4,7,10-11,13-14H,5-6H2,1-2H3,(H,18,20)/t10-,11-,13-,14-/m0/s1. The molecule has 6 heteroatoms. The van der Waals surface area contributed by atoms with Gasteiger partial charge in [0.05, 0.1) is 17.4 Å². The lowest BCUT2D eigenvalue weighted by Gasteiger charge is -2.37. The van der Waals surface area contributed by atoms with Crippen LogP contribution in [0.15, 0.2) is 17.5 Å². The van der Waals surface area contributed by atoms with Gasteiger partial charge in [0.25, 0.3) is 17.7 Å². The first kappa shape index (κ1) is 14.6. The van der Waals surface area contributed by atoms with Gasteiger partial charge in [-0.15, -0.1) is 11.3 Å². The number of aryl methyl sites for hydroxylation is 1. The predicted octanol–water partition coefficient (Wildman–Crippen LogP) is 2.21. The average Bonchev–Trinajstić information content (AvgIpc) is 3.02. The summed E-state index contributed by atoms with van der Waals surface area (Å²) < 4.78 is 0. The zero-order valence-corrected chi connectivity index (χ0v) is 13.9. The Morgan fingerprint density at radius 3 is 2.13 bits per heavy atom. The van der Waals surface area contributed by atoms with Gasteiger partial charge in [0.1, 0.15) is 0 Å². The third kappa shape index (κ3) is 2.01. The fourth-order valence-corrected chi connectivity index (χ4v) is 4.95. The highest BCUT2D eigenvalue weighted by Gasteiger charge is 2.57. The molecule has 1 saturated heterocycles. The van der Waals surface area contributed by atoms with Crippen LogP contribution in [-0.4, -0.2) is 22.7 Å². The van der Waals surface area contributed by atoms with Gasteiger partial charge in [0, 0.05) is 10.3 Å². The molecule has 1 aromatic rings. The largest absolute Gasteiger partial charge is 0.272 e. The first-order valence-corrected chi connectivity index (χ1v) is 8.79. The molecule has 1 aromatic heterocycles. The van der Waals surface area contributed by atoms with Gasteiger partial charge in [-0.3, -0.25) is 19.8 Å². The minimum Gasteiger partial charge on any atom is -0.272 e. The quantitative estimate of drug-likeness (QED) is 0.668. The van der Waals surface area contributed by atoms with E-state index in [1.807, 2.05) is 13.8 Å². The Morgan fingerprint density at radius 1 is 1.13 bits per heavy atom. The fourth-order valence-electron chi connectivity index (χ4n) is 4.08. The number of carbonyl (C=O) groups excluding carboxylic acids is 3. The van der Waals surface area contributed by atoms with Crippen LogP contribution in [0.5, 0.6) is 0 Å². The number of hydrogen-bond donors (Lipinski definition) is 1. The van der Waals surface area contributed by atoms with Crippen LogP contribution in [0.3, 0.4) is 0 Å². The lowest BCUT2D eigenvalue weighted by molar-refractivity contribution is -0.143. The molecular weight excluding hydrogens is 312 g/mol. The number of thiophene rings is 1. The van der Waals surface area contributed by atoms with Crippen LogP contribution in [-0.2, 0) is 9.59 Å². The number of hydrogen-bond acceptors (Lipinski definition) is 4. The smallest absolute Gasteiger partial charge is 0.271 e. The molecule has 5 rings (SSSR count). The Hall–Kier alpha value is -1.95. The Morgan fingerprint density at radius 2 is 1.70 bits per heavy atom. The third-order valence-electron chi connectivity index (χ3n) is 5.50. The van der Waals surface area contributed by atoms with E-state index >= 15 is 0 Å². The zero-order valence-electron chi connectivity index (χ0n) is 13.0. The second kappa shape index (κ2) is 5.03. The first-order chi connectivity index (χ1) is 11.0. The molecule has 0 radical (unpaired) electrons. The van der Waals surface area contributed by atoms with Crippen molar-refractivity contribution in [3.8, 4) is 0 Å². The van der Waals surface area contributed by atoms with Gasteiger partial charge in [0.15, 0.2) is 0 Å². The van der Waals surface area contributed by atoms with Crippen molar-refractivity contribution in [1.29, 1.82) is 0 Å². The summed E-state index contributed by atoms with van der Waals surface area (Å²) in [6.07, 6.45) is 6.04. The van der Waals surface area contributed by atoms with Crippen LogP contribution in [0.25, 0.3) is 0 Å². The maximum atomic E-state index is 12.7. The number of imide groups is 1. The summed E-state index contributed by atoms with van der Waals surface area (Å²) in [6.45, 7) is 3.82. The number of fused-ring (bicyclic) bond motifs is 1. The van der Waals surface area contributed by atoms with Crippen LogP contribution in [0, 0.1) is 37.5 Å². The van der Waals surface area contributed by atoms with Crippen molar-refractivity contribution in [2.75, 3.05) is 0 Å². The Bertz CT molecular complexity index is 719. The highest BCUT2D eigenvalue weighted by molar-refractivity contribution is 7.10. The molecule has 4 aliphatic rings. The van der Waals surface area contributed by atoms with Crippen molar-refractivity contribution in [2.45, 2.75) is 26.7 Å².